The maximum Gasteiger partial charge on any atom is 0.307 e. The van der Waals surface area contributed by atoms with Gasteiger partial charge < -0.3 is 19.4 Å². The van der Waals surface area contributed by atoms with E-state index in [1.807, 2.05) is 60.4 Å². The number of ether oxygens (including phenoxy) is 1. The third-order valence-corrected chi connectivity index (χ3v) is 6.12. The number of nitrogens with one attached hydrogen (secondary N) is 1. The predicted molar refractivity (Wildman–Crippen MR) is 123 cm³/mol. The van der Waals surface area contributed by atoms with Crippen molar-refractivity contribution in [2.24, 2.45) is 0 Å². The average Bonchev–Trinajstić information content (AvgIpc) is 3.39. The molecule has 1 fully saturated rings. The molecule has 0 unspecified atom stereocenters. The lowest BCUT2D eigenvalue weighted by atomic mass is 10.0. The molecule has 0 radical (unpaired) electrons. The van der Waals surface area contributed by atoms with Crippen molar-refractivity contribution in [3.8, 4) is 11.3 Å². The van der Waals surface area contributed by atoms with Crippen molar-refractivity contribution in [2.45, 2.75) is 25.4 Å². The van der Waals surface area contributed by atoms with Crippen LogP contribution in [0.3, 0.4) is 0 Å². The van der Waals surface area contributed by atoms with Gasteiger partial charge >= 0.3 is 5.97 Å². The molecule has 2 atom stereocenters. The summed E-state index contributed by atoms with van der Waals surface area (Å²) < 4.78 is 11.1. The molecule has 0 bridgehead atoms. The van der Waals surface area contributed by atoms with E-state index < -0.39 is 0 Å². The Morgan fingerprint density at radius 2 is 2.13 bits per heavy atom. The number of aromatic nitrogens is 1. The van der Waals surface area contributed by atoms with Gasteiger partial charge in [0, 0.05) is 23.3 Å². The fraction of sp³-hybridized carbons (Fsp3) is 0.261. The molecule has 6 nitrogen and oxygen atoms in total. The number of carbonyl (C=O) groups excluding carboxylic acids is 1. The maximum atomic E-state index is 11.8. The van der Waals surface area contributed by atoms with E-state index in [1.54, 1.807) is 6.20 Å². The number of methoxy groups -OCH3 is 1. The maximum absolute atomic E-state index is 11.8. The zero-order chi connectivity index (χ0) is 22.0. The molecule has 0 spiro atoms. The van der Waals surface area contributed by atoms with E-state index in [0.717, 1.165) is 22.6 Å². The van der Waals surface area contributed by atoms with E-state index in [4.69, 9.17) is 33.0 Å². The molecular formula is C23H22ClN3O3S. The van der Waals surface area contributed by atoms with Crippen LogP contribution in [0.1, 0.15) is 35.5 Å². The van der Waals surface area contributed by atoms with Crippen molar-refractivity contribution < 1.29 is 13.9 Å². The highest BCUT2D eigenvalue weighted by atomic mass is 35.5. The van der Waals surface area contributed by atoms with Crippen molar-refractivity contribution in [1.29, 1.82) is 0 Å². The van der Waals surface area contributed by atoms with Gasteiger partial charge in [0.15, 0.2) is 5.11 Å². The largest absolute Gasteiger partial charge is 0.469 e. The molecule has 2 aromatic heterocycles. The van der Waals surface area contributed by atoms with Crippen LogP contribution in [0.5, 0.6) is 0 Å². The minimum absolute atomic E-state index is 0.213. The van der Waals surface area contributed by atoms with E-state index in [2.05, 4.69) is 10.3 Å². The van der Waals surface area contributed by atoms with Crippen molar-refractivity contribution in [1.82, 2.24) is 15.2 Å². The van der Waals surface area contributed by atoms with E-state index >= 15 is 0 Å². The van der Waals surface area contributed by atoms with E-state index in [-0.39, 0.29) is 24.5 Å². The molecule has 8 heteroatoms. The quantitative estimate of drug-likeness (QED) is 0.421. The summed E-state index contributed by atoms with van der Waals surface area (Å²) in [6.45, 7) is 2.36. The van der Waals surface area contributed by atoms with Crippen LogP contribution >= 0.6 is 23.8 Å². The molecule has 3 aromatic rings. The highest BCUT2D eigenvalue weighted by Crippen LogP contribution is 2.40. The first kappa shape index (κ1) is 21.3. The monoisotopic (exact) mass is 455 g/mol. The second-order valence-corrected chi connectivity index (χ2v) is 8.11. The number of halogens is 1. The van der Waals surface area contributed by atoms with Crippen LogP contribution in [-0.2, 0) is 9.53 Å². The zero-order valence-electron chi connectivity index (χ0n) is 17.2. The highest BCUT2D eigenvalue weighted by Gasteiger charge is 2.41. The van der Waals surface area contributed by atoms with Crippen LogP contribution in [0.25, 0.3) is 11.3 Å². The first-order chi connectivity index (χ1) is 15.0. The van der Waals surface area contributed by atoms with Gasteiger partial charge in [0.1, 0.15) is 17.6 Å². The molecule has 1 saturated heterocycles. The number of carbonyl (C=O) groups is 1. The van der Waals surface area contributed by atoms with Gasteiger partial charge in [-0.25, -0.2) is 0 Å². The minimum Gasteiger partial charge on any atom is -0.469 e. The van der Waals surface area contributed by atoms with Gasteiger partial charge in [-0.3, -0.25) is 9.78 Å². The van der Waals surface area contributed by atoms with Gasteiger partial charge in [0.25, 0.3) is 0 Å². The van der Waals surface area contributed by atoms with E-state index in [9.17, 15) is 4.79 Å². The smallest absolute Gasteiger partial charge is 0.307 e. The summed E-state index contributed by atoms with van der Waals surface area (Å²) in [4.78, 5) is 18.2. The van der Waals surface area contributed by atoms with Crippen LogP contribution < -0.4 is 5.32 Å². The topological polar surface area (TPSA) is 67.6 Å². The van der Waals surface area contributed by atoms with Crippen molar-refractivity contribution in [2.75, 3.05) is 13.7 Å². The van der Waals surface area contributed by atoms with Crippen LogP contribution in [0, 0.1) is 6.92 Å². The lowest BCUT2D eigenvalue weighted by Gasteiger charge is -2.25. The summed E-state index contributed by atoms with van der Waals surface area (Å²) in [5.41, 5.74) is 2.74. The standard InChI is InChI=1S/C23H22ClN3O3S/c1-14-6-7-15(13-16(14)24)18-8-9-19(30-18)22-21(17-5-3-4-11-25-17)26-23(31)27(22)12-10-20(28)29-2/h3-9,11,13,21-22H,10,12H2,1-2H3,(H,26,31)/t21-,22+/m0/s1. The Hall–Kier alpha value is -2.90. The summed E-state index contributed by atoms with van der Waals surface area (Å²) >= 11 is 11.9. The number of benzene rings is 1. The Morgan fingerprint density at radius 3 is 2.84 bits per heavy atom. The number of esters is 1. The van der Waals surface area contributed by atoms with Gasteiger partial charge in [-0.1, -0.05) is 29.8 Å². The van der Waals surface area contributed by atoms with Crippen LogP contribution in [0.15, 0.2) is 59.1 Å². The molecule has 1 aliphatic rings. The summed E-state index contributed by atoms with van der Waals surface area (Å²) in [5, 5.41) is 4.57. The summed E-state index contributed by atoms with van der Waals surface area (Å²) in [6.07, 6.45) is 1.96. The zero-order valence-corrected chi connectivity index (χ0v) is 18.7. The van der Waals surface area contributed by atoms with Crippen molar-refractivity contribution >= 4 is 34.9 Å². The number of aryl methyl sites for hydroxylation is 1. The normalized spacial score (nSPS) is 18.2. The highest BCUT2D eigenvalue weighted by molar-refractivity contribution is 7.80. The number of nitrogens with zero attached hydrogens (tertiary/aromatic N) is 2. The SMILES string of the molecule is COC(=O)CCN1C(=S)N[C@@H](c2ccccn2)[C@H]1c1ccc(-c2ccc(C)c(Cl)c2)o1. The van der Waals surface area contributed by atoms with Crippen LogP contribution in [-0.4, -0.2) is 34.6 Å². The first-order valence-electron chi connectivity index (χ1n) is 9.89. The molecule has 4 rings (SSSR count). The molecule has 1 N–H and O–H groups in total. The fourth-order valence-electron chi connectivity index (χ4n) is 3.68. The third-order valence-electron chi connectivity index (χ3n) is 5.36. The molecular weight excluding hydrogens is 434 g/mol. The third kappa shape index (κ3) is 4.43. The fourth-order valence-corrected chi connectivity index (χ4v) is 4.19. The minimum atomic E-state index is -0.294. The number of thiocarbonyl (C=S) groups is 1. The second-order valence-electron chi connectivity index (χ2n) is 7.31. The lowest BCUT2D eigenvalue weighted by molar-refractivity contribution is -0.140. The summed E-state index contributed by atoms with van der Waals surface area (Å²) in [5.74, 6) is 1.14. The Bertz CT molecular complexity index is 1100. The Kier molecular flexibility index (Phi) is 6.25. The molecule has 0 amide bonds. The van der Waals surface area contributed by atoms with Crippen molar-refractivity contribution in [3.63, 3.8) is 0 Å². The molecule has 0 saturated carbocycles. The molecule has 1 aromatic carbocycles. The first-order valence-corrected chi connectivity index (χ1v) is 10.7. The number of rotatable bonds is 6. The van der Waals surface area contributed by atoms with Gasteiger partial charge in [0.2, 0.25) is 0 Å². The number of hydrogen-bond donors (Lipinski definition) is 1. The average molecular weight is 456 g/mol. The molecule has 3 heterocycles. The van der Waals surface area contributed by atoms with Gasteiger partial charge in [-0.05, 0) is 55.0 Å². The van der Waals surface area contributed by atoms with E-state index in [1.165, 1.54) is 7.11 Å². The number of pyridine rings is 1. The Labute approximate surface area is 191 Å². The summed E-state index contributed by atoms with van der Waals surface area (Å²) in [7, 11) is 1.38. The van der Waals surface area contributed by atoms with Gasteiger partial charge in [0.05, 0.1) is 25.3 Å². The molecule has 0 aliphatic carbocycles. The molecule has 160 valence electrons. The van der Waals surface area contributed by atoms with E-state index in [0.29, 0.717) is 22.4 Å². The second kappa shape index (κ2) is 9.08. The number of furan rings is 1. The Morgan fingerprint density at radius 1 is 1.29 bits per heavy atom. The van der Waals surface area contributed by atoms with Crippen molar-refractivity contribution in [3.05, 3.63) is 76.8 Å². The number of hydrogen-bond acceptors (Lipinski definition) is 5. The van der Waals surface area contributed by atoms with Crippen LogP contribution in [0.2, 0.25) is 5.02 Å². The Balaban J connectivity index is 1.69. The van der Waals surface area contributed by atoms with Gasteiger partial charge in [-0.2, -0.15) is 0 Å². The molecule has 1 aliphatic heterocycles. The molecule has 31 heavy (non-hydrogen) atoms. The van der Waals surface area contributed by atoms with Crippen LogP contribution in [0.4, 0.5) is 0 Å². The lowest BCUT2D eigenvalue weighted by Crippen LogP contribution is -2.31. The summed E-state index contributed by atoms with van der Waals surface area (Å²) in [6, 6.07) is 15.0. The predicted octanol–water partition coefficient (Wildman–Crippen LogP) is 4.84. The van der Waals surface area contributed by atoms with Gasteiger partial charge in [-0.15, -0.1) is 0 Å².